The minimum atomic E-state index is -1.22. The predicted octanol–water partition coefficient (Wildman–Crippen LogP) is 3.09. The van der Waals surface area contributed by atoms with E-state index in [-0.39, 0.29) is 24.7 Å². The molecule has 0 aliphatic rings. The molecule has 2 aromatic carbocycles. The van der Waals surface area contributed by atoms with E-state index in [1.165, 1.54) is 12.1 Å². The normalized spacial score (nSPS) is 11.2. The van der Waals surface area contributed by atoms with Crippen LogP contribution < -0.4 is 9.47 Å². The van der Waals surface area contributed by atoms with Crippen molar-refractivity contribution in [3.8, 4) is 23.0 Å². The maximum atomic E-state index is 10.7. The number of para-hydroxylation sites is 4. The van der Waals surface area contributed by atoms with Gasteiger partial charge in [0.2, 0.25) is 0 Å². The van der Waals surface area contributed by atoms with Gasteiger partial charge in [0.15, 0.2) is 23.0 Å². The molecule has 3 N–H and O–H groups in total. The lowest BCUT2D eigenvalue weighted by molar-refractivity contribution is -0.0469. The van der Waals surface area contributed by atoms with E-state index < -0.39 is 5.60 Å². The second-order valence-electron chi connectivity index (χ2n) is 5.49. The number of ether oxygens (including phenoxy) is 2. The van der Waals surface area contributed by atoms with E-state index in [0.717, 1.165) is 6.42 Å². The van der Waals surface area contributed by atoms with Gasteiger partial charge in [0.25, 0.3) is 0 Å². The molecule has 0 bridgehead atoms. The van der Waals surface area contributed by atoms with Crippen LogP contribution in [0.3, 0.4) is 0 Å². The fourth-order valence-electron chi connectivity index (χ4n) is 2.23. The van der Waals surface area contributed by atoms with E-state index in [2.05, 4.69) is 0 Å². The molecule has 0 saturated heterocycles. The Bertz CT molecular complexity index is 577. The molecule has 0 heterocycles. The summed E-state index contributed by atoms with van der Waals surface area (Å²) in [5.41, 5.74) is -1.22. The minimum absolute atomic E-state index is 0.0213. The largest absolute Gasteiger partial charge is 0.504 e. The van der Waals surface area contributed by atoms with Gasteiger partial charge in [-0.2, -0.15) is 0 Å². The molecule has 0 atom stereocenters. The van der Waals surface area contributed by atoms with E-state index >= 15 is 0 Å². The number of rotatable bonds is 8. The maximum Gasteiger partial charge on any atom is 0.161 e. The average molecular weight is 318 g/mol. The zero-order valence-electron chi connectivity index (χ0n) is 13.1. The average Bonchev–Trinajstić information content (AvgIpc) is 2.54. The summed E-state index contributed by atoms with van der Waals surface area (Å²) in [7, 11) is 0. The van der Waals surface area contributed by atoms with Gasteiger partial charge >= 0.3 is 0 Å². The summed E-state index contributed by atoms with van der Waals surface area (Å²) in [5, 5.41) is 30.1. The van der Waals surface area contributed by atoms with Crippen molar-refractivity contribution in [3.05, 3.63) is 48.5 Å². The van der Waals surface area contributed by atoms with E-state index in [1.807, 2.05) is 6.92 Å². The molecule has 0 amide bonds. The Kier molecular flexibility index (Phi) is 5.71. The van der Waals surface area contributed by atoms with Crippen molar-refractivity contribution in [2.24, 2.45) is 0 Å². The second-order valence-corrected chi connectivity index (χ2v) is 5.49. The van der Waals surface area contributed by atoms with Gasteiger partial charge in [-0.1, -0.05) is 37.6 Å². The standard InChI is InChI=1S/C18H22O5/c1-2-11-18(21,12-22-16-9-5-3-7-14(16)19)13-23-17-10-6-4-8-15(17)20/h3-10,19-21H,2,11-13H2,1H3. The second kappa shape index (κ2) is 7.74. The van der Waals surface area contributed by atoms with Gasteiger partial charge in [0, 0.05) is 0 Å². The van der Waals surface area contributed by atoms with E-state index in [0.29, 0.717) is 17.9 Å². The monoisotopic (exact) mass is 318 g/mol. The van der Waals surface area contributed by atoms with Crippen LogP contribution in [0.4, 0.5) is 0 Å². The summed E-state index contributed by atoms with van der Waals surface area (Å²) >= 11 is 0. The number of hydrogen-bond acceptors (Lipinski definition) is 5. The molecule has 0 spiro atoms. The third-order valence-electron chi connectivity index (χ3n) is 3.44. The van der Waals surface area contributed by atoms with Crippen molar-refractivity contribution in [1.29, 1.82) is 0 Å². The highest BCUT2D eigenvalue weighted by atomic mass is 16.5. The molecule has 5 heteroatoms. The van der Waals surface area contributed by atoms with Crippen molar-refractivity contribution in [3.63, 3.8) is 0 Å². The lowest BCUT2D eigenvalue weighted by atomic mass is 10.0. The van der Waals surface area contributed by atoms with Crippen LogP contribution in [0.25, 0.3) is 0 Å². The highest BCUT2D eigenvalue weighted by Crippen LogP contribution is 2.28. The third kappa shape index (κ3) is 4.79. The molecule has 0 aliphatic heterocycles. The number of phenols is 2. The van der Waals surface area contributed by atoms with Crippen LogP contribution in [0.2, 0.25) is 0 Å². The van der Waals surface area contributed by atoms with Crippen LogP contribution in [-0.2, 0) is 0 Å². The predicted molar refractivity (Wildman–Crippen MR) is 87.1 cm³/mol. The summed E-state index contributed by atoms with van der Waals surface area (Å²) in [6.07, 6.45) is 1.21. The summed E-state index contributed by atoms with van der Waals surface area (Å²) in [6, 6.07) is 13.2. The molecule has 0 aliphatic carbocycles. The molecule has 0 radical (unpaired) electrons. The van der Waals surface area contributed by atoms with Crippen molar-refractivity contribution < 1.29 is 24.8 Å². The Labute approximate surface area is 135 Å². The van der Waals surface area contributed by atoms with Crippen LogP contribution in [0, 0.1) is 0 Å². The van der Waals surface area contributed by atoms with Gasteiger partial charge in [-0.05, 0) is 30.7 Å². The summed E-state index contributed by atoms with van der Waals surface area (Å²) < 4.78 is 11.1. The van der Waals surface area contributed by atoms with E-state index in [4.69, 9.17) is 9.47 Å². The number of hydrogen-bond donors (Lipinski definition) is 3. The summed E-state index contributed by atoms with van der Waals surface area (Å²) in [6.45, 7) is 1.91. The highest BCUT2D eigenvalue weighted by molar-refractivity contribution is 5.38. The van der Waals surface area contributed by atoms with Gasteiger partial charge in [0.1, 0.15) is 18.8 Å². The molecule has 124 valence electrons. The van der Waals surface area contributed by atoms with Crippen molar-refractivity contribution >= 4 is 0 Å². The first kappa shape index (κ1) is 17.0. The topological polar surface area (TPSA) is 79.2 Å². The molecule has 2 aromatic rings. The Morgan fingerprint density at radius 2 is 1.26 bits per heavy atom. The van der Waals surface area contributed by atoms with Crippen LogP contribution >= 0.6 is 0 Å². The zero-order valence-corrected chi connectivity index (χ0v) is 13.1. The Balaban J connectivity index is 2.00. The van der Waals surface area contributed by atoms with Crippen LogP contribution in [0.5, 0.6) is 23.0 Å². The number of aromatic hydroxyl groups is 2. The van der Waals surface area contributed by atoms with E-state index in [9.17, 15) is 15.3 Å². The Morgan fingerprint density at radius 1 is 0.826 bits per heavy atom. The SMILES string of the molecule is CCCC(O)(COc1ccccc1O)COc1ccccc1O. The van der Waals surface area contributed by atoms with Gasteiger partial charge in [-0.25, -0.2) is 0 Å². The molecule has 5 nitrogen and oxygen atoms in total. The summed E-state index contributed by atoms with van der Waals surface area (Å²) in [5.74, 6) is 0.662. The Hall–Kier alpha value is -2.40. The van der Waals surface area contributed by atoms with Gasteiger partial charge in [-0.3, -0.25) is 0 Å². The highest BCUT2D eigenvalue weighted by Gasteiger charge is 2.29. The summed E-state index contributed by atoms with van der Waals surface area (Å²) in [4.78, 5) is 0. The zero-order chi connectivity index (χ0) is 16.7. The first-order chi connectivity index (χ1) is 11.0. The Morgan fingerprint density at radius 3 is 1.65 bits per heavy atom. The van der Waals surface area contributed by atoms with Crippen LogP contribution in [-0.4, -0.2) is 34.1 Å². The first-order valence-electron chi connectivity index (χ1n) is 7.58. The maximum absolute atomic E-state index is 10.7. The quantitative estimate of drug-likeness (QED) is 0.697. The number of phenolic OH excluding ortho intramolecular Hbond substituents is 2. The molecular formula is C18H22O5. The lowest BCUT2D eigenvalue weighted by Crippen LogP contribution is -2.42. The molecule has 0 fully saturated rings. The number of benzene rings is 2. The molecule has 23 heavy (non-hydrogen) atoms. The molecular weight excluding hydrogens is 296 g/mol. The first-order valence-corrected chi connectivity index (χ1v) is 7.58. The molecule has 0 unspecified atom stereocenters. The number of aliphatic hydroxyl groups is 1. The molecule has 2 rings (SSSR count). The van der Waals surface area contributed by atoms with Gasteiger partial charge < -0.3 is 24.8 Å². The lowest BCUT2D eigenvalue weighted by Gasteiger charge is -2.28. The molecule has 0 saturated carbocycles. The van der Waals surface area contributed by atoms with Crippen LogP contribution in [0.1, 0.15) is 19.8 Å². The smallest absolute Gasteiger partial charge is 0.161 e. The van der Waals surface area contributed by atoms with Crippen molar-refractivity contribution in [2.75, 3.05) is 13.2 Å². The van der Waals surface area contributed by atoms with Gasteiger partial charge in [0.05, 0.1) is 0 Å². The molecule has 0 aromatic heterocycles. The fraction of sp³-hybridized carbons (Fsp3) is 0.333. The van der Waals surface area contributed by atoms with Crippen molar-refractivity contribution in [2.45, 2.75) is 25.4 Å². The van der Waals surface area contributed by atoms with E-state index in [1.54, 1.807) is 36.4 Å². The van der Waals surface area contributed by atoms with Crippen LogP contribution in [0.15, 0.2) is 48.5 Å². The minimum Gasteiger partial charge on any atom is -0.504 e. The van der Waals surface area contributed by atoms with Crippen molar-refractivity contribution in [1.82, 2.24) is 0 Å². The fourth-order valence-corrected chi connectivity index (χ4v) is 2.23. The third-order valence-corrected chi connectivity index (χ3v) is 3.44. The van der Waals surface area contributed by atoms with Gasteiger partial charge in [-0.15, -0.1) is 0 Å².